The summed E-state index contributed by atoms with van der Waals surface area (Å²) in [6, 6.07) is 0. The smallest absolute Gasteiger partial charge is 0.306 e. The number of hydrogen-bond acceptors (Lipinski definition) is 4. The Hall–Kier alpha value is -1.91. The van der Waals surface area contributed by atoms with E-state index in [1.165, 1.54) is 109 Å². The first kappa shape index (κ1) is 47.1. The van der Waals surface area contributed by atoms with E-state index in [-0.39, 0.29) is 19.2 Å². The summed E-state index contributed by atoms with van der Waals surface area (Å²) in [5.74, 6) is -0.215. The van der Waals surface area contributed by atoms with Gasteiger partial charge in [-0.05, 0) is 77.0 Å². The van der Waals surface area contributed by atoms with Crippen molar-refractivity contribution in [2.45, 2.75) is 200 Å². The van der Waals surface area contributed by atoms with Gasteiger partial charge in [0, 0.05) is 13.0 Å². The first-order valence-electron chi connectivity index (χ1n) is 20.9. The van der Waals surface area contributed by atoms with E-state index in [4.69, 9.17) is 9.47 Å². The molecule has 0 rings (SSSR count). The SMILES string of the molecule is CC/C=C\C/C=C\C/C=C\C/C=C\CCCCCOCC(CO)OC(=O)CCCCCCCCCCC/C=C\CCCCCCCCCC. The molecule has 0 aromatic rings. The molecule has 0 aliphatic rings. The summed E-state index contributed by atoms with van der Waals surface area (Å²) in [5.41, 5.74) is 0. The van der Waals surface area contributed by atoms with Gasteiger partial charge in [-0.15, -0.1) is 0 Å². The fourth-order valence-electron chi connectivity index (χ4n) is 5.72. The minimum absolute atomic E-state index is 0.187. The molecule has 0 amide bonds. The lowest BCUT2D eigenvalue weighted by atomic mass is 10.1. The second kappa shape index (κ2) is 42.3. The van der Waals surface area contributed by atoms with Crippen molar-refractivity contribution in [1.29, 1.82) is 0 Å². The van der Waals surface area contributed by atoms with Crippen molar-refractivity contribution in [2.24, 2.45) is 0 Å². The molecule has 0 bridgehead atoms. The van der Waals surface area contributed by atoms with Gasteiger partial charge < -0.3 is 14.6 Å². The first-order valence-corrected chi connectivity index (χ1v) is 20.9. The Morgan fingerprint density at radius 1 is 0.510 bits per heavy atom. The lowest BCUT2D eigenvalue weighted by Crippen LogP contribution is -2.27. The van der Waals surface area contributed by atoms with Crippen LogP contribution in [-0.4, -0.2) is 37.0 Å². The molecule has 4 heteroatoms. The van der Waals surface area contributed by atoms with Crippen molar-refractivity contribution in [3.8, 4) is 0 Å². The third-order valence-corrected chi connectivity index (χ3v) is 8.83. The van der Waals surface area contributed by atoms with E-state index in [1.807, 2.05) is 0 Å². The molecule has 0 spiro atoms. The van der Waals surface area contributed by atoms with Crippen molar-refractivity contribution >= 4 is 5.97 Å². The van der Waals surface area contributed by atoms with Crippen LogP contribution < -0.4 is 0 Å². The normalized spacial score (nSPS) is 13.0. The number of hydrogen-bond donors (Lipinski definition) is 1. The fourth-order valence-corrected chi connectivity index (χ4v) is 5.72. The maximum atomic E-state index is 12.2. The highest BCUT2D eigenvalue weighted by Crippen LogP contribution is 2.13. The number of aliphatic hydroxyl groups excluding tert-OH is 1. The van der Waals surface area contributed by atoms with Gasteiger partial charge >= 0.3 is 5.97 Å². The van der Waals surface area contributed by atoms with Crippen LogP contribution in [0.25, 0.3) is 0 Å². The number of carbonyl (C=O) groups excluding carboxylic acids is 1. The molecule has 0 saturated carbocycles. The Kier molecular flexibility index (Phi) is 40.6. The first-order chi connectivity index (χ1) is 24.2. The molecule has 1 N–H and O–H groups in total. The van der Waals surface area contributed by atoms with Gasteiger partial charge in [-0.2, -0.15) is 0 Å². The van der Waals surface area contributed by atoms with Gasteiger partial charge in [-0.1, -0.05) is 171 Å². The minimum atomic E-state index is -0.553. The molecule has 0 saturated heterocycles. The second-order valence-electron chi connectivity index (χ2n) is 13.7. The van der Waals surface area contributed by atoms with Gasteiger partial charge in [0.2, 0.25) is 0 Å². The highest BCUT2D eigenvalue weighted by atomic mass is 16.6. The van der Waals surface area contributed by atoms with Crippen LogP contribution in [0.1, 0.15) is 194 Å². The predicted octanol–water partition coefficient (Wildman–Crippen LogP) is 13.7. The van der Waals surface area contributed by atoms with E-state index >= 15 is 0 Å². The maximum Gasteiger partial charge on any atom is 0.306 e. The van der Waals surface area contributed by atoms with Crippen LogP contribution in [0.4, 0.5) is 0 Å². The number of allylic oxidation sites excluding steroid dienone is 10. The number of carbonyl (C=O) groups is 1. The van der Waals surface area contributed by atoms with Crippen LogP contribution in [0.15, 0.2) is 60.8 Å². The molecule has 0 aromatic carbocycles. The number of ether oxygens (including phenoxy) is 2. The molecule has 0 aliphatic heterocycles. The maximum absolute atomic E-state index is 12.2. The highest BCUT2D eigenvalue weighted by Gasteiger charge is 2.13. The molecular weight excluding hydrogens is 604 g/mol. The summed E-state index contributed by atoms with van der Waals surface area (Å²) in [5, 5.41) is 9.59. The van der Waals surface area contributed by atoms with Crippen molar-refractivity contribution in [2.75, 3.05) is 19.8 Å². The van der Waals surface area contributed by atoms with Gasteiger partial charge in [-0.3, -0.25) is 4.79 Å². The third-order valence-electron chi connectivity index (χ3n) is 8.83. The molecule has 284 valence electrons. The van der Waals surface area contributed by atoms with Crippen molar-refractivity contribution in [3.63, 3.8) is 0 Å². The van der Waals surface area contributed by atoms with Crippen LogP contribution in [0, 0.1) is 0 Å². The standard InChI is InChI=1S/C45H80O4/c1-3-5-7-9-11-13-15-17-19-21-22-23-24-25-26-28-30-32-34-36-38-40-45(47)49-44(42-46)43-48-41-39-37-35-33-31-29-27-20-18-16-14-12-10-8-6-4-2/h6,8,12,14,18,20-22,29,31,44,46H,3-5,7,9-11,13,15-17,19,23-28,30,32-43H2,1-2H3/b8-6-,14-12-,20-18-,22-21-,31-29-. The topological polar surface area (TPSA) is 55.8 Å². The monoisotopic (exact) mass is 685 g/mol. The summed E-state index contributed by atoms with van der Waals surface area (Å²) in [4.78, 5) is 12.2. The number of rotatable bonds is 38. The zero-order chi connectivity index (χ0) is 35.6. The van der Waals surface area contributed by atoms with E-state index in [0.29, 0.717) is 13.0 Å². The highest BCUT2D eigenvalue weighted by molar-refractivity contribution is 5.69. The largest absolute Gasteiger partial charge is 0.457 e. The quantitative estimate of drug-likeness (QED) is 0.0399. The van der Waals surface area contributed by atoms with Crippen molar-refractivity contribution in [3.05, 3.63) is 60.8 Å². The molecule has 49 heavy (non-hydrogen) atoms. The Balaban J connectivity index is 3.48. The molecule has 0 aliphatic carbocycles. The molecular formula is C45H80O4. The summed E-state index contributed by atoms with van der Waals surface area (Å²) in [7, 11) is 0. The zero-order valence-electron chi connectivity index (χ0n) is 32.4. The van der Waals surface area contributed by atoms with E-state index in [0.717, 1.165) is 64.2 Å². The molecule has 0 aromatic heterocycles. The summed E-state index contributed by atoms with van der Waals surface area (Å²) in [6.07, 6.45) is 55.7. The average molecular weight is 685 g/mol. The Labute approximate surface area is 305 Å². The fraction of sp³-hybridized carbons (Fsp3) is 0.756. The molecule has 1 unspecified atom stereocenters. The van der Waals surface area contributed by atoms with Gasteiger partial charge in [0.1, 0.15) is 6.10 Å². The van der Waals surface area contributed by atoms with Gasteiger partial charge in [0.15, 0.2) is 0 Å². The van der Waals surface area contributed by atoms with Crippen LogP contribution in [0.5, 0.6) is 0 Å². The lowest BCUT2D eigenvalue weighted by Gasteiger charge is -2.15. The molecule has 0 heterocycles. The molecule has 0 radical (unpaired) electrons. The summed E-state index contributed by atoms with van der Waals surface area (Å²) in [6.45, 7) is 5.16. The third kappa shape index (κ3) is 40.4. The van der Waals surface area contributed by atoms with E-state index in [1.54, 1.807) is 0 Å². The molecule has 1 atom stereocenters. The number of aliphatic hydroxyl groups is 1. The lowest BCUT2D eigenvalue weighted by molar-refractivity contribution is -0.154. The van der Waals surface area contributed by atoms with E-state index in [9.17, 15) is 9.90 Å². The molecule has 4 nitrogen and oxygen atoms in total. The summed E-state index contributed by atoms with van der Waals surface area (Å²) >= 11 is 0. The second-order valence-corrected chi connectivity index (χ2v) is 13.7. The van der Waals surface area contributed by atoms with E-state index in [2.05, 4.69) is 74.6 Å². The van der Waals surface area contributed by atoms with Gasteiger partial charge in [0.05, 0.1) is 13.2 Å². The Morgan fingerprint density at radius 2 is 0.918 bits per heavy atom. The van der Waals surface area contributed by atoms with Gasteiger partial charge in [0.25, 0.3) is 0 Å². The predicted molar refractivity (Wildman–Crippen MR) is 214 cm³/mol. The van der Waals surface area contributed by atoms with Crippen LogP contribution in [0.2, 0.25) is 0 Å². The van der Waals surface area contributed by atoms with Crippen molar-refractivity contribution in [1.82, 2.24) is 0 Å². The van der Waals surface area contributed by atoms with Gasteiger partial charge in [-0.25, -0.2) is 0 Å². The van der Waals surface area contributed by atoms with Crippen LogP contribution in [0.3, 0.4) is 0 Å². The summed E-state index contributed by atoms with van der Waals surface area (Å²) < 4.78 is 11.1. The Morgan fingerprint density at radius 3 is 1.41 bits per heavy atom. The van der Waals surface area contributed by atoms with Crippen molar-refractivity contribution < 1.29 is 19.4 Å². The number of esters is 1. The number of unbranched alkanes of at least 4 members (excludes halogenated alkanes) is 20. The van der Waals surface area contributed by atoms with Crippen LogP contribution >= 0.6 is 0 Å². The van der Waals surface area contributed by atoms with Crippen LogP contribution in [-0.2, 0) is 14.3 Å². The average Bonchev–Trinajstić information content (AvgIpc) is 3.11. The zero-order valence-corrected chi connectivity index (χ0v) is 32.4. The minimum Gasteiger partial charge on any atom is -0.457 e. The molecule has 0 fully saturated rings. The Bertz CT molecular complexity index is 809. The van der Waals surface area contributed by atoms with E-state index < -0.39 is 6.10 Å².